The van der Waals surface area contributed by atoms with Gasteiger partial charge in [0, 0.05) is 22.5 Å². The molecule has 0 spiro atoms. The molecule has 2 heterocycles. The molecule has 0 unspecified atom stereocenters. The molecule has 0 aliphatic heterocycles. The van der Waals surface area contributed by atoms with E-state index in [1.165, 1.54) is 10.9 Å². The largest absolute Gasteiger partial charge is 0.494 e. The summed E-state index contributed by atoms with van der Waals surface area (Å²) in [6, 6.07) is 14.9. The number of aryl methyl sites for hydroxylation is 1. The van der Waals surface area contributed by atoms with Crippen LogP contribution in [-0.2, 0) is 7.05 Å². The number of nitrogens with zero attached hydrogens (tertiary/aromatic N) is 3. The molecule has 0 atom stereocenters. The Hall–Kier alpha value is -3.72. The van der Waals surface area contributed by atoms with Crippen molar-refractivity contribution in [2.75, 3.05) is 11.9 Å². The van der Waals surface area contributed by atoms with Gasteiger partial charge in [-0.3, -0.25) is 14.3 Å². The molecular weight excluding hydrogens is 486 g/mol. The van der Waals surface area contributed by atoms with Crippen LogP contribution in [-0.4, -0.2) is 33.2 Å². The molecule has 9 heteroatoms. The Morgan fingerprint density at radius 1 is 1.15 bits per heavy atom. The number of primary amides is 1. The van der Waals surface area contributed by atoms with Crippen LogP contribution < -0.4 is 15.8 Å². The third-order valence-electron chi connectivity index (χ3n) is 5.06. The number of nitrogens with two attached hydrogens (primary N) is 1. The highest BCUT2D eigenvalue weighted by atomic mass is 79.9. The van der Waals surface area contributed by atoms with E-state index in [0.717, 1.165) is 22.2 Å². The van der Waals surface area contributed by atoms with Crippen molar-refractivity contribution in [3.8, 4) is 17.0 Å². The van der Waals surface area contributed by atoms with E-state index in [-0.39, 0.29) is 11.4 Å². The number of anilines is 1. The molecule has 4 aromatic rings. The number of fused-ring (bicyclic) bond motifs is 1. The summed E-state index contributed by atoms with van der Waals surface area (Å²) in [5.41, 5.74) is 8.36. The Morgan fingerprint density at radius 2 is 1.91 bits per heavy atom. The van der Waals surface area contributed by atoms with Crippen molar-refractivity contribution in [2.45, 2.75) is 13.3 Å². The zero-order valence-electron chi connectivity index (χ0n) is 18.1. The van der Waals surface area contributed by atoms with E-state index in [9.17, 15) is 9.59 Å². The molecule has 33 heavy (non-hydrogen) atoms. The molecule has 8 nitrogen and oxygen atoms in total. The Bertz CT molecular complexity index is 1350. The number of carbonyl (C=O) groups is 2. The van der Waals surface area contributed by atoms with Crippen LogP contribution in [0.2, 0.25) is 0 Å². The molecule has 0 saturated carbocycles. The van der Waals surface area contributed by atoms with Gasteiger partial charge in [0.2, 0.25) is 0 Å². The Morgan fingerprint density at radius 3 is 2.61 bits per heavy atom. The number of ether oxygens (including phenoxy) is 1. The number of hydrogen-bond acceptors (Lipinski definition) is 5. The third kappa shape index (κ3) is 4.73. The summed E-state index contributed by atoms with van der Waals surface area (Å²) in [6.07, 6.45) is 2.32. The fraction of sp³-hybridized carbons (Fsp3) is 0.167. The molecule has 0 radical (unpaired) electrons. The summed E-state index contributed by atoms with van der Waals surface area (Å²) in [5.74, 6) is -0.308. The van der Waals surface area contributed by atoms with E-state index in [2.05, 4.69) is 33.3 Å². The minimum absolute atomic E-state index is 0.116. The topological polar surface area (TPSA) is 112 Å². The summed E-state index contributed by atoms with van der Waals surface area (Å²) < 4.78 is 7.80. The first-order chi connectivity index (χ1) is 15.9. The first-order valence-electron chi connectivity index (χ1n) is 10.3. The maximum Gasteiger partial charge on any atom is 0.269 e. The summed E-state index contributed by atoms with van der Waals surface area (Å²) >= 11 is 3.46. The minimum Gasteiger partial charge on any atom is -0.494 e. The fourth-order valence-corrected chi connectivity index (χ4v) is 3.85. The van der Waals surface area contributed by atoms with E-state index >= 15 is 0 Å². The van der Waals surface area contributed by atoms with E-state index < -0.39 is 11.8 Å². The number of hydrogen-bond donors (Lipinski definition) is 2. The van der Waals surface area contributed by atoms with Crippen molar-refractivity contribution in [1.82, 2.24) is 14.8 Å². The van der Waals surface area contributed by atoms with Crippen molar-refractivity contribution in [1.29, 1.82) is 0 Å². The van der Waals surface area contributed by atoms with Crippen molar-refractivity contribution in [3.63, 3.8) is 0 Å². The van der Waals surface area contributed by atoms with Crippen LogP contribution >= 0.6 is 15.9 Å². The van der Waals surface area contributed by atoms with E-state index in [1.807, 2.05) is 42.5 Å². The minimum atomic E-state index is -0.682. The van der Waals surface area contributed by atoms with Gasteiger partial charge < -0.3 is 15.8 Å². The number of amides is 2. The number of nitrogens with one attached hydrogen (secondary N) is 1. The Kier molecular flexibility index (Phi) is 6.41. The summed E-state index contributed by atoms with van der Waals surface area (Å²) in [7, 11) is 1.58. The molecule has 2 aromatic heterocycles. The van der Waals surface area contributed by atoms with Gasteiger partial charge >= 0.3 is 0 Å². The lowest BCUT2D eigenvalue weighted by molar-refractivity contribution is 0.0992. The van der Waals surface area contributed by atoms with Crippen LogP contribution in [0.15, 0.2) is 59.2 Å². The number of aromatic nitrogens is 3. The Labute approximate surface area is 198 Å². The first-order valence-corrected chi connectivity index (χ1v) is 11.1. The van der Waals surface area contributed by atoms with Gasteiger partial charge in [-0.15, -0.1) is 0 Å². The molecule has 0 saturated heterocycles. The van der Waals surface area contributed by atoms with Gasteiger partial charge in [0.1, 0.15) is 11.4 Å². The SMILES string of the molecule is CCCOc1ccc(-c2cc(C(=O)Nc3cnn(C)c3C(N)=O)c3cc(Br)ccc3n2)cc1. The van der Waals surface area contributed by atoms with Gasteiger partial charge in [-0.2, -0.15) is 5.10 Å². The molecule has 4 rings (SSSR count). The predicted octanol–water partition coefficient (Wildman–Crippen LogP) is 4.54. The van der Waals surface area contributed by atoms with Crippen molar-refractivity contribution < 1.29 is 14.3 Å². The van der Waals surface area contributed by atoms with Crippen LogP contribution in [0.3, 0.4) is 0 Å². The van der Waals surface area contributed by atoms with Gasteiger partial charge in [0.15, 0.2) is 0 Å². The van der Waals surface area contributed by atoms with Gasteiger partial charge in [-0.25, -0.2) is 4.98 Å². The average Bonchev–Trinajstić information content (AvgIpc) is 3.17. The molecule has 168 valence electrons. The van der Waals surface area contributed by atoms with Crippen molar-refractivity contribution >= 4 is 44.3 Å². The Balaban J connectivity index is 1.76. The molecule has 3 N–H and O–H groups in total. The van der Waals surface area contributed by atoms with Crippen LogP contribution in [0.25, 0.3) is 22.2 Å². The standard InChI is InChI=1S/C24H22BrN5O3/c1-3-10-33-16-7-4-14(5-8-16)20-12-18(17-11-15(25)6-9-19(17)28-20)24(32)29-21-13-27-30(2)22(21)23(26)31/h4-9,11-13H,3,10H2,1-2H3,(H2,26,31)(H,29,32). The average molecular weight is 508 g/mol. The van der Waals surface area contributed by atoms with E-state index in [1.54, 1.807) is 13.1 Å². The smallest absolute Gasteiger partial charge is 0.269 e. The monoisotopic (exact) mass is 507 g/mol. The molecule has 2 aromatic carbocycles. The lowest BCUT2D eigenvalue weighted by atomic mass is 10.0. The maximum absolute atomic E-state index is 13.3. The number of carbonyl (C=O) groups excluding carboxylic acids is 2. The van der Waals surface area contributed by atoms with Gasteiger partial charge in [0.05, 0.1) is 35.3 Å². The third-order valence-corrected chi connectivity index (χ3v) is 5.55. The maximum atomic E-state index is 13.3. The number of pyridine rings is 1. The van der Waals surface area contributed by atoms with E-state index in [4.69, 9.17) is 15.5 Å². The van der Waals surface area contributed by atoms with Gasteiger partial charge in [0.25, 0.3) is 11.8 Å². The highest BCUT2D eigenvalue weighted by molar-refractivity contribution is 9.10. The predicted molar refractivity (Wildman–Crippen MR) is 130 cm³/mol. The highest BCUT2D eigenvalue weighted by Crippen LogP contribution is 2.29. The lowest BCUT2D eigenvalue weighted by Crippen LogP contribution is -2.20. The van der Waals surface area contributed by atoms with Gasteiger partial charge in [-0.1, -0.05) is 22.9 Å². The lowest BCUT2D eigenvalue weighted by Gasteiger charge is -2.12. The van der Waals surface area contributed by atoms with Crippen molar-refractivity contribution in [3.05, 3.63) is 70.5 Å². The second-order valence-electron chi connectivity index (χ2n) is 7.44. The molecule has 0 fully saturated rings. The number of benzene rings is 2. The molecular formula is C24H22BrN5O3. The molecule has 2 amide bonds. The number of rotatable bonds is 7. The molecule has 0 bridgehead atoms. The second-order valence-corrected chi connectivity index (χ2v) is 8.35. The number of halogens is 1. The van der Waals surface area contributed by atoms with Crippen LogP contribution in [0, 0.1) is 0 Å². The van der Waals surface area contributed by atoms with Crippen LogP contribution in [0.1, 0.15) is 34.2 Å². The first kappa shape index (κ1) is 22.5. The van der Waals surface area contributed by atoms with Crippen molar-refractivity contribution in [2.24, 2.45) is 12.8 Å². The van der Waals surface area contributed by atoms with E-state index in [0.29, 0.717) is 28.8 Å². The normalized spacial score (nSPS) is 10.9. The summed E-state index contributed by atoms with van der Waals surface area (Å²) in [6.45, 7) is 2.70. The molecule has 0 aliphatic carbocycles. The van der Waals surface area contributed by atoms with Crippen LogP contribution in [0.5, 0.6) is 5.75 Å². The summed E-state index contributed by atoms with van der Waals surface area (Å²) in [4.78, 5) is 29.9. The highest BCUT2D eigenvalue weighted by Gasteiger charge is 2.20. The second kappa shape index (κ2) is 9.41. The fourth-order valence-electron chi connectivity index (χ4n) is 3.49. The van der Waals surface area contributed by atoms with Gasteiger partial charge in [-0.05, 0) is 55.0 Å². The quantitative estimate of drug-likeness (QED) is 0.381. The summed E-state index contributed by atoms with van der Waals surface area (Å²) in [5, 5.41) is 7.46. The molecule has 0 aliphatic rings. The zero-order chi connectivity index (χ0) is 23.5. The van der Waals surface area contributed by atoms with Crippen LogP contribution in [0.4, 0.5) is 5.69 Å². The zero-order valence-corrected chi connectivity index (χ0v) is 19.7.